The first-order valence-electron chi connectivity index (χ1n) is 13.6. The van der Waals surface area contributed by atoms with Crippen LogP contribution in [0.4, 0.5) is 0 Å². The van der Waals surface area contributed by atoms with E-state index in [9.17, 15) is 5.11 Å². The molecule has 0 spiro atoms. The second kappa shape index (κ2) is 12.2. The van der Waals surface area contributed by atoms with Crippen molar-refractivity contribution in [2.75, 3.05) is 0 Å². The number of fused-ring (bicyclic) bond motifs is 2. The lowest BCUT2D eigenvalue weighted by molar-refractivity contribution is 0.345. The van der Waals surface area contributed by atoms with Gasteiger partial charge in [-0.05, 0) is 48.1 Å². The van der Waals surface area contributed by atoms with Gasteiger partial charge in [-0.1, -0.05) is 119 Å². The number of thioether (sulfide) groups is 1. The summed E-state index contributed by atoms with van der Waals surface area (Å²) in [5, 5.41) is 11.7. The first-order chi connectivity index (χ1) is 15.0. The van der Waals surface area contributed by atoms with Crippen LogP contribution in [0, 0.1) is 0 Å². The number of phenolic OH excluding ortho intramolecular Hbond substituents is 1. The Hall–Kier alpha value is -0.630. The molecular weight excluding hydrogens is 408 g/mol. The second-order valence-corrected chi connectivity index (χ2v) is 13.7. The number of aromatic hydroxyl groups is 1. The zero-order valence-corrected chi connectivity index (χ0v) is 23.2. The van der Waals surface area contributed by atoms with Crippen LogP contribution >= 0.6 is 11.8 Å². The summed E-state index contributed by atoms with van der Waals surface area (Å²) in [4.78, 5) is 1.13. The van der Waals surface area contributed by atoms with Crippen LogP contribution in [0.3, 0.4) is 0 Å². The Kier molecular flexibility index (Phi) is 10.5. The average Bonchev–Trinajstić information content (AvgIpc) is 2.72. The lowest BCUT2D eigenvalue weighted by Crippen LogP contribution is -2.25. The van der Waals surface area contributed by atoms with Crippen LogP contribution in [-0.2, 0) is 10.8 Å². The van der Waals surface area contributed by atoms with Gasteiger partial charge in [-0.3, -0.25) is 0 Å². The summed E-state index contributed by atoms with van der Waals surface area (Å²) < 4.78 is 0.203. The highest BCUT2D eigenvalue weighted by Crippen LogP contribution is 2.50. The number of benzene rings is 1. The van der Waals surface area contributed by atoms with Crippen molar-refractivity contribution in [1.29, 1.82) is 0 Å². The maximum absolute atomic E-state index is 11.7. The van der Waals surface area contributed by atoms with Gasteiger partial charge < -0.3 is 5.11 Å². The molecule has 0 aliphatic carbocycles. The summed E-state index contributed by atoms with van der Waals surface area (Å²) in [5.74, 6) is 0.586. The van der Waals surface area contributed by atoms with Gasteiger partial charge in [0.2, 0.25) is 0 Å². The number of hydrogen-bond donors (Lipinski definition) is 1. The highest BCUT2D eigenvalue weighted by Gasteiger charge is 2.34. The molecule has 2 rings (SSSR count). The normalized spacial score (nSPS) is 25.6. The van der Waals surface area contributed by atoms with Crippen LogP contribution < -0.4 is 0 Å². The Labute approximate surface area is 204 Å². The molecule has 0 radical (unpaired) electrons. The topological polar surface area (TPSA) is 20.2 Å². The van der Waals surface area contributed by atoms with Crippen molar-refractivity contribution in [3.8, 4) is 5.75 Å². The molecule has 0 aromatic heterocycles. The zero-order valence-electron chi connectivity index (χ0n) is 22.4. The molecule has 1 aromatic carbocycles. The van der Waals surface area contributed by atoms with Crippen molar-refractivity contribution in [2.45, 2.75) is 159 Å². The van der Waals surface area contributed by atoms with Crippen molar-refractivity contribution >= 4 is 11.8 Å². The molecule has 0 saturated carbocycles. The molecule has 1 unspecified atom stereocenters. The molecular formula is C30H52OS. The van der Waals surface area contributed by atoms with E-state index in [1.807, 2.05) is 11.8 Å². The second-order valence-electron chi connectivity index (χ2n) is 12.1. The van der Waals surface area contributed by atoms with Gasteiger partial charge in [0, 0.05) is 10.3 Å². The third-order valence-corrected chi connectivity index (χ3v) is 9.21. The molecule has 0 amide bonds. The van der Waals surface area contributed by atoms with Gasteiger partial charge in [-0.15, -0.1) is 11.8 Å². The maximum Gasteiger partial charge on any atom is 0.132 e. The monoisotopic (exact) mass is 460 g/mol. The van der Waals surface area contributed by atoms with Crippen LogP contribution in [0.25, 0.3) is 0 Å². The van der Waals surface area contributed by atoms with E-state index in [1.54, 1.807) is 0 Å². The van der Waals surface area contributed by atoms with Crippen LogP contribution in [0.1, 0.15) is 149 Å². The molecule has 1 aliphatic rings. The van der Waals surface area contributed by atoms with E-state index >= 15 is 0 Å². The highest BCUT2D eigenvalue weighted by atomic mass is 32.2. The highest BCUT2D eigenvalue weighted by molar-refractivity contribution is 8.00. The molecule has 1 heterocycles. The Morgan fingerprint density at radius 1 is 0.844 bits per heavy atom. The van der Waals surface area contributed by atoms with Gasteiger partial charge >= 0.3 is 0 Å². The largest absolute Gasteiger partial charge is 0.506 e. The SMILES string of the molecule is CCCCCC1(C)CCCCCCC[C@@](C)(CCCC)c2cc(C(C)(C)C)cc(c2O)S1. The predicted octanol–water partition coefficient (Wildman–Crippen LogP) is 10.3. The minimum atomic E-state index is 0.0589. The molecule has 2 heteroatoms. The van der Waals surface area contributed by atoms with Gasteiger partial charge in [-0.25, -0.2) is 0 Å². The smallest absolute Gasteiger partial charge is 0.132 e. The van der Waals surface area contributed by atoms with Crippen LogP contribution in [0.5, 0.6) is 5.75 Å². The van der Waals surface area contributed by atoms with Crippen LogP contribution in [-0.4, -0.2) is 9.85 Å². The fraction of sp³-hybridized carbons (Fsp3) is 0.800. The van der Waals surface area contributed by atoms with E-state index in [-0.39, 0.29) is 15.6 Å². The molecule has 2 bridgehead atoms. The van der Waals surface area contributed by atoms with Crippen molar-refractivity contribution in [1.82, 2.24) is 0 Å². The lowest BCUT2D eigenvalue weighted by atomic mass is 9.72. The molecule has 1 aromatic rings. The standard InChI is InChI=1S/C30H52OS/c1-8-10-15-20-30(7)21-17-14-12-13-16-19-29(6,18-11-9-2)25-22-24(28(3,4)5)23-26(32-30)27(25)31/h22-23,31H,8-21H2,1-7H3/t29-,30?/m1/s1. The fourth-order valence-electron chi connectivity index (χ4n) is 5.33. The van der Waals surface area contributed by atoms with Crippen LogP contribution in [0.15, 0.2) is 17.0 Å². The van der Waals surface area contributed by atoms with Crippen molar-refractivity contribution < 1.29 is 5.11 Å². The summed E-state index contributed by atoms with van der Waals surface area (Å²) in [6.07, 6.45) is 17.8. The van der Waals surface area contributed by atoms with Gasteiger partial charge in [0.15, 0.2) is 0 Å². The van der Waals surface area contributed by atoms with E-state index in [0.29, 0.717) is 5.75 Å². The number of hydrogen-bond acceptors (Lipinski definition) is 2. The summed E-state index contributed by atoms with van der Waals surface area (Å²) >= 11 is 1.98. The molecule has 32 heavy (non-hydrogen) atoms. The van der Waals surface area contributed by atoms with Crippen molar-refractivity contribution in [3.63, 3.8) is 0 Å². The Morgan fingerprint density at radius 3 is 2.09 bits per heavy atom. The summed E-state index contributed by atoms with van der Waals surface area (Å²) in [7, 11) is 0. The lowest BCUT2D eigenvalue weighted by Gasteiger charge is -2.35. The first-order valence-corrected chi connectivity index (χ1v) is 14.4. The molecule has 1 nitrogen and oxygen atoms in total. The molecule has 184 valence electrons. The van der Waals surface area contributed by atoms with Crippen LogP contribution in [0.2, 0.25) is 0 Å². The molecule has 1 N–H and O–H groups in total. The molecule has 0 saturated heterocycles. The average molecular weight is 461 g/mol. The number of phenols is 1. The summed E-state index contributed by atoms with van der Waals surface area (Å²) in [6, 6.07) is 4.69. The van der Waals surface area contributed by atoms with Gasteiger partial charge in [0.05, 0.1) is 4.90 Å². The van der Waals surface area contributed by atoms with E-state index in [2.05, 4.69) is 60.6 Å². The Balaban J connectivity index is 2.59. The van der Waals surface area contributed by atoms with Gasteiger partial charge in [0.25, 0.3) is 0 Å². The molecule has 2 atom stereocenters. The first kappa shape index (κ1) is 27.6. The minimum Gasteiger partial charge on any atom is -0.506 e. The Morgan fingerprint density at radius 2 is 1.47 bits per heavy atom. The van der Waals surface area contributed by atoms with Gasteiger partial charge in [-0.2, -0.15) is 0 Å². The maximum atomic E-state index is 11.7. The van der Waals surface area contributed by atoms with E-state index in [1.165, 1.54) is 101 Å². The summed E-state index contributed by atoms with van der Waals surface area (Å²) in [6.45, 7) is 16.4. The predicted molar refractivity (Wildman–Crippen MR) is 144 cm³/mol. The quantitative estimate of drug-likeness (QED) is 0.408. The van der Waals surface area contributed by atoms with Crippen molar-refractivity contribution in [3.05, 3.63) is 23.3 Å². The van der Waals surface area contributed by atoms with E-state index < -0.39 is 0 Å². The summed E-state index contributed by atoms with van der Waals surface area (Å²) in [5.41, 5.74) is 2.73. The Bertz CT molecular complexity index is 704. The van der Waals surface area contributed by atoms with E-state index in [0.717, 1.165) is 4.90 Å². The van der Waals surface area contributed by atoms with Crippen molar-refractivity contribution in [2.24, 2.45) is 0 Å². The number of unbranched alkanes of at least 4 members (excludes halogenated alkanes) is 3. The fourth-order valence-corrected chi connectivity index (χ4v) is 6.74. The zero-order chi connectivity index (χ0) is 23.8. The third kappa shape index (κ3) is 7.71. The van der Waals surface area contributed by atoms with E-state index in [4.69, 9.17) is 0 Å². The third-order valence-electron chi connectivity index (χ3n) is 7.77. The molecule has 1 aliphatic heterocycles. The minimum absolute atomic E-state index is 0.0589. The molecule has 0 fully saturated rings. The number of rotatable bonds is 7. The van der Waals surface area contributed by atoms with Gasteiger partial charge in [0.1, 0.15) is 5.75 Å².